The van der Waals surface area contributed by atoms with Crippen LogP contribution < -0.4 is 5.73 Å². The largest absolute Gasteiger partial charge is 0.472 e. The summed E-state index contributed by atoms with van der Waals surface area (Å²) in [7, 11) is -4.29. The van der Waals surface area contributed by atoms with E-state index in [1.807, 2.05) is 0 Å². The number of hydrogen-bond donors (Lipinski definition) is 2. The third kappa shape index (κ3) is 21.3. The zero-order valence-corrected chi connectivity index (χ0v) is 21.7. The van der Waals surface area contributed by atoms with Crippen LogP contribution >= 0.6 is 7.82 Å². The van der Waals surface area contributed by atoms with Crippen LogP contribution in [0, 0.1) is 0 Å². The number of phosphoric ester groups is 1. The van der Waals surface area contributed by atoms with E-state index in [1.165, 1.54) is 19.3 Å². The van der Waals surface area contributed by atoms with Crippen LogP contribution in [0.3, 0.4) is 0 Å². The number of carbonyl (C=O) groups is 2. The van der Waals surface area contributed by atoms with E-state index in [0.717, 1.165) is 51.4 Å². The van der Waals surface area contributed by atoms with Gasteiger partial charge in [0.2, 0.25) is 0 Å². The summed E-state index contributed by atoms with van der Waals surface area (Å²) in [4.78, 5) is 33.9. The summed E-state index contributed by atoms with van der Waals surface area (Å²) in [5, 5.41) is 0. The van der Waals surface area contributed by atoms with Crippen molar-refractivity contribution in [2.75, 3.05) is 26.4 Å². The summed E-state index contributed by atoms with van der Waals surface area (Å²) in [5.74, 6) is -0.833. The Morgan fingerprint density at radius 1 is 0.788 bits per heavy atom. The van der Waals surface area contributed by atoms with Gasteiger partial charge in [-0.1, -0.05) is 78.1 Å². The highest BCUT2D eigenvalue weighted by atomic mass is 31.2. The Bertz CT molecular complexity index is 547. The topological polar surface area (TPSA) is 136 Å². The molecular formula is C23H47NO8P+. The highest BCUT2D eigenvalue weighted by Crippen LogP contribution is 2.43. The van der Waals surface area contributed by atoms with E-state index < -0.39 is 26.5 Å². The SMILES string of the molecule is CCCCCCCCC(=O)OC[C@H](COP(=O)(O)OCC[NH3+])OC(=O)CCCCCCCC. The molecule has 0 aromatic carbocycles. The van der Waals surface area contributed by atoms with Crippen molar-refractivity contribution in [3.8, 4) is 0 Å². The van der Waals surface area contributed by atoms with Crippen LogP contribution in [0.4, 0.5) is 0 Å². The molecule has 0 radical (unpaired) electrons. The normalized spacial score (nSPS) is 13.9. The number of carbonyl (C=O) groups excluding carboxylic acids is 2. The molecule has 0 heterocycles. The molecule has 0 fully saturated rings. The number of phosphoric acid groups is 1. The van der Waals surface area contributed by atoms with E-state index in [9.17, 15) is 19.0 Å². The molecule has 0 saturated carbocycles. The van der Waals surface area contributed by atoms with Crippen molar-refractivity contribution >= 4 is 19.8 Å². The molecule has 10 heteroatoms. The lowest BCUT2D eigenvalue weighted by atomic mass is 10.1. The predicted molar refractivity (Wildman–Crippen MR) is 126 cm³/mol. The van der Waals surface area contributed by atoms with E-state index in [1.54, 1.807) is 0 Å². The van der Waals surface area contributed by atoms with Crippen LogP contribution in [0.15, 0.2) is 0 Å². The number of quaternary nitrogens is 1. The summed E-state index contributed by atoms with van der Waals surface area (Å²) in [5.41, 5.74) is 3.53. The number of unbranched alkanes of at least 4 members (excludes halogenated alkanes) is 10. The van der Waals surface area contributed by atoms with Gasteiger partial charge in [0.15, 0.2) is 6.10 Å². The summed E-state index contributed by atoms with van der Waals surface area (Å²) < 4.78 is 32.1. The number of rotatable bonds is 23. The van der Waals surface area contributed by atoms with E-state index in [4.69, 9.17) is 18.5 Å². The molecule has 33 heavy (non-hydrogen) atoms. The number of esters is 2. The number of ether oxygens (including phenoxy) is 2. The fourth-order valence-electron chi connectivity index (χ4n) is 3.11. The van der Waals surface area contributed by atoms with Crippen molar-refractivity contribution in [2.24, 2.45) is 0 Å². The first-order valence-corrected chi connectivity index (χ1v) is 14.1. The smallest absolute Gasteiger partial charge is 0.462 e. The molecule has 0 bridgehead atoms. The average molecular weight is 497 g/mol. The Balaban J connectivity index is 4.45. The van der Waals surface area contributed by atoms with Crippen LogP contribution in [-0.4, -0.2) is 49.3 Å². The van der Waals surface area contributed by atoms with Crippen molar-refractivity contribution in [1.82, 2.24) is 0 Å². The molecule has 0 saturated heterocycles. The molecule has 4 N–H and O–H groups in total. The maximum Gasteiger partial charge on any atom is 0.472 e. The monoisotopic (exact) mass is 496 g/mol. The Morgan fingerprint density at radius 3 is 1.85 bits per heavy atom. The zero-order chi connectivity index (χ0) is 24.8. The van der Waals surface area contributed by atoms with Crippen molar-refractivity contribution in [1.29, 1.82) is 0 Å². The Morgan fingerprint density at radius 2 is 1.30 bits per heavy atom. The van der Waals surface area contributed by atoms with Gasteiger partial charge in [-0.05, 0) is 12.8 Å². The fraction of sp³-hybridized carbons (Fsp3) is 0.913. The third-order valence-electron chi connectivity index (χ3n) is 5.02. The van der Waals surface area contributed by atoms with Crippen LogP contribution in [0.25, 0.3) is 0 Å². The Hall–Kier alpha value is -0.990. The molecule has 0 rings (SSSR count). The molecule has 1 unspecified atom stereocenters. The number of hydrogen-bond acceptors (Lipinski definition) is 7. The van der Waals surface area contributed by atoms with Crippen molar-refractivity contribution < 1.29 is 43.3 Å². The Labute approximate surface area is 199 Å². The lowest BCUT2D eigenvalue weighted by Gasteiger charge is -2.19. The molecule has 0 aliphatic carbocycles. The van der Waals surface area contributed by atoms with Crippen molar-refractivity contribution in [2.45, 2.75) is 110 Å². The molecular weight excluding hydrogens is 449 g/mol. The standard InChI is InChI=1S/C23H46NO8P/c1-3-5-7-9-11-13-15-22(25)29-19-21(20-31-33(27,28)30-18-17-24)32-23(26)16-14-12-10-8-6-4-2/h21H,3-20,24H2,1-2H3,(H,27,28)/p+1/t21-/m1/s1. The lowest BCUT2D eigenvalue weighted by molar-refractivity contribution is -0.371. The van der Waals surface area contributed by atoms with Crippen LogP contribution in [0.5, 0.6) is 0 Å². The molecule has 196 valence electrons. The maximum absolute atomic E-state index is 12.2. The fourth-order valence-corrected chi connectivity index (χ4v) is 3.90. The van der Waals surface area contributed by atoms with Gasteiger partial charge in [0.25, 0.3) is 0 Å². The van der Waals surface area contributed by atoms with Gasteiger partial charge in [0.05, 0.1) is 13.2 Å². The van der Waals surface area contributed by atoms with Gasteiger partial charge in [-0.3, -0.25) is 18.6 Å². The maximum atomic E-state index is 12.2. The van der Waals surface area contributed by atoms with Crippen LogP contribution in [0.2, 0.25) is 0 Å². The van der Waals surface area contributed by atoms with E-state index in [-0.39, 0.29) is 32.0 Å². The van der Waals surface area contributed by atoms with E-state index in [2.05, 4.69) is 19.6 Å². The van der Waals surface area contributed by atoms with E-state index >= 15 is 0 Å². The average Bonchev–Trinajstić information content (AvgIpc) is 2.79. The lowest BCUT2D eigenvalue weighted by Crippen LogP contribution is -2.52. The molecule has 9 nitrogen and oxygen atoms in total. The molecule has 0 aromatic heterocycles. The minimum absolute atomic E-state index is 0.0382. The van der Waals surface area contributed by atoms with Gasteiger partial charge in [-0.2, -0.15) is 0 Å². The summed E-state index contributed by atoms with van der Waals surface area (Å²) in [6, 6.07) is 0. The van der Waals surface area contributed by atoms with Crippen molar-refractivity contribution in [3.05, 3.63) is 0 Å². The minimum Gasteiger partial charge on any atom is -0.462 e. The summed E-state index contributed by atoms with van der Waals surface area (Å²) >= 11 is 0. The molecule has 2 atom stereocenters. The van der Waals surface area contributed by atoms with Crippen LogP contribution in [0.1, 0.15) is 104 Å². The van der Waals surface area contributed by atoms with Gasteiger partial charge in [-0.25, -0.2) is 4.57 Å². The molecule has 0 aliphatic heterocycles. The van der Waals surface area contributed by atoms with Gasteiger partial charge < -0.3 is 20.1 Å². The molecule has 0 spiro atoms. The van der Waals surface area contributed by atoms with Gasteiger partial charge in [0.1, 0.15) is 13.2 Å². The predicted octanol–water partition coefficient (Wildman–Crippen LogP) is 4.32. The summed E-state index contributed by atoms with van der Waals surface area (Å²) in [6.07, 6.45) is 12.1. The minimum atomic E-state index is -4.29. The van der Waals surface area contributed by atoms with Gasteiger partial charge in [0, 0.05) is 12.8 Å². The second-order valence-corrected chi connectivity index (χ2v) is 9.74. The zero-order valence-electron chi connectivity index (χ0n) is 20.8. The summed E-state index contributed by atoms with van der Waals surface area (Å²) in [6.45, 7) is 3.93. The third-order valence-corrected chi connectivity index (χ3v) is 6.00. The first-order chi connectivity index (χ1) is 15.8. The second kappa shape index (κ2) is 21.5. The highest BCUT2D eigenvalue weighted by molar-refractivity contribution is 7.47. The molecule has 0 aromatic rings. The highest BCUT2D eigenvalue weighted by Gasteiger charge is 2.26. The van der Waals surface area contributed by atoms with E-state index in [0.29, 0.717) is 13.0 Å². The van der Waals surface area contributed by atoms with Gasteiger partial charge in [-0.15, -0.1) is 0 Å². The quantitative estimate of drug-likeness (QED) is 0.121. The van der Waals surface area contributed by atoms with Crippen molar-refractivity contribution in [3.63, 3.8) is 0 Å². The first kappa shape index (κ1) is 32.0. The Kier molecular flexibility index (Phi) is 20.9. The second-order valence-electron chi connectivity index (χ2n) is 8.28. The van der Waals surface area contributed by atoms with Crippen LogP contribution in [-0.2, 0) is 32.7 Å². The van der Waals surface area contributed by atoms with Gasteiger partial charge >= 0.3 is 19.8 Å². The molecule has 0 aliphatic rings. The first-order valence-electron chi connectivity index (χ1n) is 12.6. The molecule has 0 amide bonds.